The summed E-state index contributed by atoms with van der Waals surface area (Å²) < 4.78 is 13.2. The van der Waals surface area contributed by atoms with Gasteiger partial charge in [-0.2, -0.15) is 0 Å². The van der Waals surface area contributed by atoms with E-state index in [1.54, 1.807) is 17.3 Å². The second kappa shape index (κ2) is 6.19. The number of hydrogen-bond donors (Lipinski definition) is 1. The Morgan fingerprint density at radius 3 is 2.77 bits per heavy atom. The average Bonchev–Trinajstić information content (AvgIpc) is 2.88. The van der Waals surface area contributed by atoms with Crippen molar-refractivity contribution in [1.29, 1.82) is 0 Å². The minimum absolute atomic E-state index is 0.0344. The summed E-state index contributed by atoms with van der Waals surface area (Å²) in [4.78, 5) is 21.5. The number of carbonyl (C=O) groups excluding carboxylic acids is 1. The molecule has 1 aliphatic rings. The minimum atomic E-state index is -0.585. The molecule has 2 aromatic heterocycles. The summed E-state index contributed by atoms with van der Waals surface area (Å²) in [6.45, 7) is 0.698. The smallest absolute Gasteiger partial charge is 0.255 e. The van der Waals surface area contributed by atoms with Crippen LogP contribution in [-0.4, -0.2) is 45.1 Å². The molecule has 0 spiro atoms. The third kappa shape index (κ3) is 3.12. The molecule has 5 nitrogen and oxygen atoms in total. The van der Waals surface area contributed by atoms with Crippen molar-refractivity contribution in [3.63, 3.8) is 0 Å². The Morgan fingerprint density at radius 1 is 1.27 bits per heavy atom. The summed E-state index contributed by atoms with van der Waals surface area (Å²) in [6.07, 6.45) is 5.90. The fourth-order valence-electron chi connectivity index (χ4n) is 2.75. The third-order valence-electron chi connectivity index (χ3n) is 3.89. The zero-order valence-corrected chi connectivity index (χ0v) is 11.9. The number of hydrogen-bond acceptors (Lipinski definition) is 4. The van der Waals surface area contributed by atoms with Gasteiger partial charge in [0.05, 0.1) is 17.9 Å². The van der Waals surface area contributed by atoms with Crippen molar-refractivity contribution in [2.45, 2.75) is 12.5 Å². The Bertz CT molecular complexity index is 665. The standard InChI is InChI=1S/C16H16FN3O2/c17-14-6-12(7-19-8-14)16(22)20-9-13(15(21)10-20)5-11-1-3-18-4-2-11/h1-4,6-8,13,15,21H,5,9-10H2/t13-,15+/m1/s1. The number of β-amino-alcohol motifs (C(OH)–C–C–N with tert-alkyl or cyclic N) is 1. The number of aliphatic hydroxyl groups excluding tert-OH is 1. The van der Waals surface area contributed by atoms with E-state index in [1.807, 2.05) is 12.1 Å². The Balaban J connectivity index is 1.69. The SMILES string of the molecule is O=C(c1cncc(F)c1)N1C[C@@H](Cc2ccncc2)[C@@H](O)C1. The van der Waals surface area contributed by atoms with E-state index in [1.165, 1.54) is 6.20 Å². The van der Waals surface area contributed by atoms with Gasteiger partial charge >= 0.3 is 0 Å². The number of likely N-dealkylation sites (tertiary alicyclic amines) is 1. The van der Waals surface area contributed by atoms with E-state index in [9.17, 15) is 14.3 Å². The largest absolute Gasteiger partial charge is 0.391 e. The van der Waals surface area contributed by atoms with Gasteiger partial charge in [-0.3, -0.25) is 14.8 Å². The molecule has 0 aromatic carbocycles. The number of aromatic nitrogens is 2. The summed E-state index contributed by atoms with van der Waals surface area (Å²) >= 11 is 0. The number of aliphatic hydroxyl groups is 1. The molecule has 1 saturated heterocycles. The van der Waals surface area contributed by atoms with Crippen LogP contribution in [0, 0.1) is 11.7 Å². The fraction of sp³-hybridized carbons (Fsp3) is 0.312. The molecule has 0 bridgehead atoms. The van der Waals surface area contributed by atoms with Crippen LogP contribution in [0.15, 0.2) is 43.0 Å². The first-order valence-electron chi connectivity index (χ1n) is 7.10. The van der Waals surface area contributed by atoms with Crippen molar-refractivity contribution in [2.75, 3.05) is 13.1 Å². The highest BCUT2D eigenvalue weighted by molar-refractivity contribution is 5.94. The van der Waals surface area contributed by atoms with Gasteiger partial charge in [0.2, 0.25) is 0 Å². The molecule has 0 unspecified atom stereocenters. The molecular formula is C16H16FN3O2. The molecule has 2 aromatic rings. The van der Waals surface area contributed by atoms with E-state index >= 15 is 0 Å². The van der Waals surface area contributed by atoms with Crippen LogP contribution in [0.3, 0.4) is 0 Å². The van der Waals surface area contributed by atoms with Gasteiger partial charge in [-0.1, -0.05) is 0 Å². The van der Waals surface area contributed by atoms with Gasteiger partial charge < -0.3 is 10.0 Å². The lowest BCUT2D eigenvalue weighted by Crippen LogP contribution is -2.29. The molecular weight excluding hydrogens is 285 g/mol. The summed E-state index contributed by atoms with van der Waals surface area (Å²) in [6, 6.07) is 4.96. The maximum atomic E-state index is 13.2. The van der Waals surface area contributed by atoms with E-state index in [2.05, 4.69) is 9.97 Å². The van der Waals surface area contributed by atoms with Crippen LogP contribution in [-0.2, 0) is 6.42 Å². The van der Waals surface area contributed by atoms with Crippen molar-refractivity contribution < 1.29 is 14.3 Å². The van der Waals surface area contributed by atoms with Crippen molar-refractivity contribution in [2.24, 2.45) is 5.92 Å². The quantitative estimate of drug-likeness (QED) is 0.928. The Morgan fingerprint density at radius 2 is 2.05 bits per heavy atom. The van der Waals surface area contributed by atoms with E-state index in [0.29, 0.717) is 13.0 Å². The van der Waals surface area contributed by atoms with Crippen LogP contribution in [0.2, 0.25) is 0 Å². The number of rotatable bonds is 3. The summed E-state index contributed by atoms with van der Waals surface area (Å²) in [5, 5.41) is 10.2. The molecule has 0 radical (unpaired) electrons. The summed E-state index contributed by atoms with van der Waals surface area (Å²) in [7, 11) is 0. The van der Waals surface area contributed by atoms with Gasteiger partial charge in [-0.05, 0) is 30.2 Å². The van der Waals surface area contributed by atoms with Gasteiger partial charge in [0.15, 0.2) is 0 Å². The highest BCUT2D eigenvalue weighted by atomic mass is 19.1. The van der Waals surface area contributed by atoms with E-state index < -0.39 is 11.9 Å². The zero-order chi connectivity index (χ0) is 15.5. The molecule has 6 heteroatoms. The normalized spacial score (nSPS) is 21.1. The van der Waals surface area contributed by atoms with E-state index in [4.69, 9.17) is 0 Å². The molecule has 3 rings (SSSR count). The molecule has 0 aliphatic carbocycles. The molecule has 1 aliphatic heterocycles. The third-order valence-corrected chi connectivity index (χ3v) is 3.89. The first kappa shape index (κ1) is 14.6. The molecule has 1 fully saturated rings. The van der Waals surface area contributed by atoms with Crippen LogP contribution in [0.5, 0.6) is 0 Å². The van der Waals surface area contributed by atoms with Gasteiger partial charge in [0.25, 0.3) is 5.91 Å². The van der Waals surface area contributed by atoms with Gasteiger partial charge in [0.1, 0.15) is 5.82 Å². The van der Waals surface area contributed by atoms with Crippen LogP contribution < -0.4 is 0 Å². The minimum Gasteiger partial charge on any atom is -0.391 e. The maximum absolute atomic E-state index is 13.2. The van der Waals surface area contributed by atoms with Crippen molar-refractivity contribution in [3.05, 3.63) is 59.9 Å². The van der Waals surface area contributed by atoms with E-state index in [-0.39, 0.29) is 23.9 Å². The van der Waals surface area contributed by atoms with Crippen LogP contribution in [0.25, 0.3) is 0 Å². The van der Waals surface area contributed by atoms with Gasteiger partial charge in [0, 0.05) is 37.6 Å². The first-order valence-corrected chi connectivity index (χ1v) is 7.10. The summed E-state index contributed by atoms with van der Waals surface area (Å²) in [5.41, 5.74) is 1.28. The lowest BCUT2D eigenvalue weighted by Gasteiger charge is -2.16. The highest BCUT2D eigenvalue weighted by Crippen LogP contribution is 2.23. The Kier molecular flexibility index (Phi) is 4.11. The topological polar surface area (TPSA) is 66.3 Å². The number of pyridine rings is 2. The van der Waals surface area contributed by atoms with Crippen molar-refractivity contribution >= 4 is 5.91 Å². The van der Waals surface area contributed by atoms with Crippen molar-refractivity contribution in [3.8, 4) is 0 Å². The second-order valence-corrected chi connectivity index (χ2v) is 5.49. The van der Waals surface area contributed by atoms with Gasteiger partial charge in [-0.25, -0.2) is 4.39 Å². The highest BCUT2D eigenvalue weighted by Gasteiger charge is 2.34. The Hall–Kier alpha value is -2.34. The predicted octanol–water partition coefficient (Wildman–Crippen LogP) is 1.29. The number of nitrogens with zero attached hydrogens (tertiary/aromatic N) is 3. The van der Waals surface area contributed by atoms with Crippen LogP contribution in [0.1, 0.15) is 15.9 Å². The maximum Gasteiger partial charge on any atom is 0.255 e. The van der Waals surface area contributed by atoms with Crippen LogP contribution >= 0.6 is 0 Å². The molecule has 22 heavy (non-hydrogen) atoms. The van der Waals surface area contributed by atoms with E-state index in [0.717, 1.165) is 17.8 Å². The van der Waals surface area contributed by atoms with Crippen LogP contribution in [0.4, 0.5) is 4.39 Å². The lowest BCUT2D eigenvalue weighted by molar-refractivity contribution is 0.0763. The monoisotopic (exact) mass is 301 g/mol. The molecule has 1 N–H and O–H groups in total. The number of amides is 1. The Labute approximate surface area is 127 Å². The predicted molar refractivity (Wildman–Crippen MR) is 77.5 cm³/mol. The van der Waals surface area contributed by atoms with Gasteiger partial charge in [-0.15, -0.1) is 0 Å². The molecule has 114 valence electrons. The fourth-order valence-corrected chi connectivity index (χ4v) is 2.75. The number of carbonyl (C=O) groups is 1. The first-order chi connectivity index (χ1) is 10.6. The number of halogens is 1. The second-order valence-electron chi connectivity index (χ2n) is 5.49. The zero-order valence-electron chi connectivity index (χ0n) is 11.9. The average molecular weight is 301 g/mol. The summed E-state index contributed by atoms with van der Waals surface area (Å²) in [5.74, 6) is -0.880. The van der Waals surface area contributed by atoms with Crippen molar-refractivity contribution in [1.82, 2.24) is 14.9 Å². The molecule has 1 amide bonds. The molecule has 3 heterocycles. The molecule has 0 saturated carbocycles. The molecule has 2 atom stereocenters. The lowest BCUT2D eigenvalue weighted by atomic mass is 9.97.